The maximum absolute atomic E-state index is 10.8. The Morgan fingerprint density at radius 2 is 1.67 bits per heavy atom. The lowest BCUT2D eigenvalue weighted by molar-refractivity contribution is 0.213. The summed E-state index contributed by atoms with van der Waals surface area (Å²) in [6, 6.07) is 7.01. The van der Waals surface area contributed by atoms with E-state index in [1.165, 1.54) is 0 Å². The van der Waals surface area contributed by atoms with Gasteiger partial charge in [0.15, 0.2) is 0 Å². The molecule has 21 heavy (non-hydrogen) atoms. The molecule has 0 saturated carbocycles. The van der Waals surface area contributed by atoms with Crippen LogP contribution in [0, 0.1) is 13.8 Å². The zero-order chi connectivity index (χ0) is 15.7. The smallest absolute Gasteiger partial charge is 0.128 e. The summed E-state index contributed by atoms with van der Waals surface area (Å²) in [7, 11) is 1.59. The molecule has 1 unspecified atom stereocenters. The van der Waals surface area contributed by atoms with Gasteiger partial charge in [-0.1, -0.05) is 39.1 Å². The molecule has 0 spiro atoms. The lowest BCUT2D eigenvalue weighted by Crippen LogP contribution is -2.07. The Morgan fingerprint density at radius 1 is 1.10 bits per heavy atom. The van der Waals surface area contributed by atoms with Crippen LogP contribution in [-0.2, 0) is 0 Å². The molecule has 0 aromatic heterocycles. The van der Waals surface area contributed by atoms with Gasteiger partial charge in [-0.2, -0.15) is 0 Å². The summed E-state index contributed by atoms with van der Waals surface area (Å²) in [5.41, 5.74) is 3.20. The molecule has 0 aliphatic rings. The van der Waals surface area contributed by atoms with Crippen LogP contribution in [0.5, 0.6) is 5.75 Å². The van der Waals surface area contributed by atoms with Crippen molar-refractivity contribution >= 4 is 39.1 Å². The lowest BCUT2D eigenvalue weighted by Gasteiger charge is -2.21. The van der Waals surface area contributed by atoms with Crippen molar-refractivity contribution in [1.29, 1.82) is 0 Å². The van der Waals surface area contributed by atoms with Crippen molar-refractivity contribution in [2.75, 3.05) is 7.11 Å². The van der Waals surface area contributed by atoms with E-state index in [1.54, 1.807) is 25.3 Å². The van der Waals surface area contributed by atoms with Gasteiger partial charge in [-0.15, -0.1) is 0 Å². The average Bonchev–Trinajstić information content (AvgIpc) is 2.40. The predicted octanol–water partition coefficient (Wildman–Crippen LogP) is 5.46. The summed E-state index contributed by atoms with van der Waals surface area (Å²) < 4.78 is 6.39. The summed E-state index contributed by atoms with van der Waals surface area (Å²) in [4.78, 5) is 0. The fourth-order valence-electron chi connectivity index (χ4n) is 2.38. The normalized spacial score (nSPS) is 12.3. The lowest BCUT2D eigenvalue weighted by atomic mass is 9.94. The third-order valence-electron chi connectivity index (χ3n) is 3.39. The molecule has 2 rings (SSSR count). The maximum atomic E-state index is 10.8. The molecular formula is C16H15BrCl2O2. The Labute approximate surface area is 142 Å². The fraction of sp³-hybridized carbons (Fsp3) is 0.250. The van der Waals surface area contributed by atoms with Gasteiger partial charge in [-0.3, -0.25) is 0 Å². The highest BCUT2D eigenvalue weighted by atomic mass is 79.9. The van der Waals surface area contributed by atoms with E-state index >= 15 is 0 Å². The number of aliphatic hydroxyl groups is 1. The Bertz CT molecular complexity index is 666. The van der Waals surface area contributed by atoms with Gasteiger partial charge in [-0.05, 0) is 54.8 Å². The predicted molar refractivity (Wildman–Crippen MR) is 90.7 cm³/mol. The van der Waals surface area contributed by atoms with Crippen molar-refractivity contribution in [3.8, 4) is 5.75 Å². The molecule has 0 bridgehead atoms. The third kappa shape index (κ3) is 3.37. The highest BCUT2D eigenvalue weighted by molar-refractivity contribution is 9.10. The molecule has 2 nitrogen and oxygen atoms in total. The van der Waals surface area contributed by atoms with Crippen LogP contribution in [0.25, 0.3) is 0 Å². The zero-order valence-corrected chi connectivity index (χ0v) is 15.0. The van der Waals surface area contributed by atoms with E-state index in [9.17, 15) is 5.11 Å². The van der Waals surface area contributed by atoms with Gasteiger partial charge in [0.2, 0.25) is 0 Å². The molecule has 0 saturated heterocycles. The first-order chi connectivity index (χ1) is 9.85. The van der Waals surface area contributed by atoms with E-state index in [2.05, 4.69) is 15.9 Å². The van der Waals surface area contributed by atoms with Gasteiger partial charge < -0.3 is 9.84 Å². The number of aliphatic hydroxyl groups excluding tert-OH is 1. The van der Waals surface area contributed by atoms with E-state index in [1.807, 2.05) is 19.9 Å². The van der Waals surface area contributed by atoms with Crippen LogP contribution >= 0.6 is 39.1 Å². The molecule has 0 amide bonds. The summed E-state index contributed by atoms with van der Waals surface area (Å²) in [5.74, 6) is 0.666. The Morgan fingerprint density at radius 3 is 2.19 bits per heavy atom. The minimum Gasteiger partial charge on any atom is -0.496 e. The van der Waals surface area contributed by atoms with Crippen LogP contribution in [0.1, 0.15) is 28.4 Å². The Hall–Kier alpha value is -0.740. The summed E-state index contributed by atoms with van der Waals surface area (Å²) in [6.07, 6.45) is -0.868. The van der Waals surface area contributed by atoms with E-state index < -0.39 is 6.10 Å². The molecular weight excluding hydrogens is 375 g/mol. The molecule has 1 N–H and O–H groups in total. The number of hydrogen-bond acceptors (Lipinski definition) is 2. The highest BCUT2D eigenvalue weighted by Crippen LogP contribution is 2.39. The topological polar surface area (TPSA) is 29.5 Å². The fourth-order valence-corrected chi connectivity index (χ4v) is 3.48. The first-order valence-electron chi connectivity index (χ1n) is 6.32. The highest BCUT2D eigenvalue weighted by Gasteiger charge is 2.22. The van der Waals surface area contributed by atoms with Crippen LogP contribution in [0.4, 0.5) is 0 Å². The summed E-state index contributed by atoms with van der Waals surface area (Å²) in [5, 5.41) is 11.7. The number of benzene rings is 2. The SMILES string of the molecule is COc1c(C)cc(Br)c(C)c1C(O)c1cc(Cl)cc(Cl)c1. The van der Waals surface area contributed by atoms with Crippen molar-refractivity contribution in [3.05, 3.63) is 61.0 Å². The van der Waals surface area contributed by atoms with Gasteiger partial charge in [-0.25, -0.2) is 0 Å². The first kappa shape index (κ1) is 16.6. The molecule has 112 valence electrons. The maximum Gasteiger partial charge on any atom is 0.128 e. The van der Waals surface area contributed by atoms with Crippen LogP contribution in [0.2, 0.25) is 10.0 Å². The molecule has 0 aliphatic carbocycles. The van der Waals surface area contributed by atoms with Crippen molar-refractivity contribution in [2.45, 2.75) is 20.0 Å². The second-order valence-electron chi connectivity index (χ2n) is 4.85. The summed E-state index contributed by atoms with van der Waals surface area (Å²) >= 11 is 15.6. The van der Waals surface area contributed by atoms with Crippen molar-refractivity contribution < 1.29 is 9.84 Å². The van der Waals surface area contributed by atoms with Gasteiger partial charge >= 0.3 is 0 Å². The third-order valence-corrected chi connectivity index (χ3v) is 4.65. The standard InChI is InChI=1S/C16H15BrCl2O2/c1-8-4-13(17)9(2)14(16(8)21-3)15(20)10-5-11(18)7-12(19)6-10/h4-7,15,20H,1-3H3. The molecule has 2 aromatic rings. The summed E-state index contributed by atoms with van der Waals surface area (Å²) in [6.45, 7) is 3.86. The van der Waals surface area contributed by atoms with E-state index in [-0.39, 0.29) is 0 Å². The second-order valence-corrected chi connectivity index (χ2v) is 6.58. The minimum absolute atomic E-state index is 0.486. The van der Waals surface area contributed by atoms with Crippen LogP contribution < -0.4 is 4.74 Å². The Kier molecular flexibility index (Phi) is 5.20. The van der Waals surface area contributed by atoms with Gasteiger partial charge in [0.05, 0.1) is 7.11 Å². The number of methoxy groups -OCH3 is 1. The number of rotatable bonds is 3. The molecule has 0 fully saturated rings. The van der Waals surface area contributed by atoms with Crippen molar-refractivity contribution in [3.63, 3.8) is 0 Å². The van der Waals surface area contributed by atoms with Crippen LogP contribution in [0.15, 0.2) is 28.7 Å². The van der Waals surface area contributed by atoms with Crippen molar-refractivity contribution in [2.24, 2.45) is 0 Å². The van der Waals surface area contributed by atoms with Gasteiger partial charge in [0, 0.05) is 20.1 Å². The number of hydrogen-bond donors (Lipinski definition) is 1. The molecule has 2 aromatic carbocycles. The average molecular weight is 390 g/mol. The first-order valence-corrected chi connectivity index (χ1v) is 7.87. The second kappa shape index (κ2) is 6.57. The molecule has 0 heterocycles. The van der Waals surface area contributed by atoms with Gasteiger partial charge in [0.1, 0.15) is 11.9 Å². The number of halogens is 3. The molecule has 5 heteroatoms. The zero-order valence-electron chi connectivity index (χ0n) is 11.9. The minimum atomic E-state index is -0.868. The molecule has 1 atom stereocenters. The van der Waals surface area contributed by atoms with E-state index in [4.69, 9.17) is 27.9 Å². The Balaban J connectivity index is 2.64. The monoisotopic (exact) mass is 388 g/mol. The number of ether oxygens (including phenoxy) is 1. The molecule has 0 radical (unpaired) electrons. The van der Waals surface area contributed by atoms with Crippen LogP contribution in [-0.4, -0.2) is 12.2 Å². The molecule has 0 aliphatic heterocycles. The van der Waals surface area contributed by atoms with E-state index in [0.29, 0.717) is 26.9 Å². The largest absolute Gasteiger partial charge is 0.496 e. The van der Waals surface area contributed by atoms with Crippen molar-refractivity contribution in [1.82, 2.24) is 0 Å². The quantitative estimate of drug-likeness (QED) is 0.754. The van der Waals surface area contributed by atoms with E-state index in [0.717, 1.165) is 15.6 Å². The number of aryl methyl sites for hydroxylation is 1. The van der Waals surface area contributed by atoms with Crippen LogP contribution in [0.3, 0.4) is 0 Å². The van der Waals surface area contributed by atoms with Gasteiger partial charge in [0.25, 0.3) is 0 Å².